The Labute approximate surface area is 136 Å². The molecule has 1 heterocycles. The SMILES string of the molecule is COC(=O)C1CCN(C(=O)COc2ccc3c(c2)CCC3)CC1. The van der Waals surface area contributed by atoms with Gasteiger partial charge in [-0.2, -0.15) is 0 Å². The second-order valence-corrected chi connectivity index (χ2v) is 6.25. The third kappa shape index (κ3) is 3.66. The Hall–Kier alpha value is -2.04. The van der Waals surface area contributed by atoms with E-state index in [2.05, 4.69) is 12.1 Å². The topological polar surface area (TPSA) is 55.8 Å². The summed E-state index contributed by atoms with van der Waals surface area (Å²) in [5.41, 5.74) is 2.74. The van der Waals surface area contributed by atoms with Crippen molar-refractivity contribution in [2.24, 2.45) is 5.92 Å². The van der Waals surface area contributed by atoms with Crippen LogP contribution < -0.4 is 4.74 Å². The van der Waals surface area contributed by atoms with Crippen LogP contribution in [0.5, 0.6) is 5.75 Å². The number of likely N-dealkylation sites (tertiary alicyclic amines) is 1. The number of nitrogens with zero attached hydrogens (tertiary/aromatic N) is 1. The van der Waals surface area contributed by atoms with E-state index in [9.17, 15) is 9.59 Å². The number of fused-ring (bicyclic) bond motifs is 1. The van der Waals surface area contributed by atoms with E-state index in [1.165, 1.54) is 24.7 Å². The predicted molar refractivity (Wildman–Crippen MR) is 85.3 cm³/mol. The smallest absolute Gasteiger partial charge is 0.308 e. The second kappa shape index (κ2) is 7.02. The molecule has 0 bridgehead atoms. The number of piperidine rings is 1. The molecule has 3 rings (SSSR count). The minimum Gasteiger partial charge on any atom is -0.484 e. The highest BCUT2D eigenvalue weighted by molar-refractivity contribution is 5.78. The Morgan fingerprint density at radius 1 is 1.17 bits per heavy atom. The van der Waals surface area contributed by atoms with Gasteiger partial charge in [-0.15, -0.1) is 0 Å². The molecule has 1 saturated heterocycles. The van der Waals surface area contributed by atoms with Gasteiger partial charge in [-0.05, 0) is 55.4 Å². The summed E-state index contributed by atoms with van der Waals surface area (Å²) in [6.45, 7) is 1.24. The normalized spacial score (nSPS) is 17.7. The maximum absolute atomic E-state index is 12.2. The van der Waals surface area contributed by atoms with E-state index in [1.807, 2.05) is 6.07 Å². The van der Waals surface area contributed by atoms with Crippen molar-refractivity contribution in [2.45, 2.75) is 32.1 Å². The lowest BCUT2D eigenvalue weighted by Gasteiger charge is -2.30. The van der Waals surface area contributed by atoms with E-state index in [4.69, 9.17) is 9.47 Å². The molecular weight excluding hydrogens is 294 g/mol. The lowest BCUT2D eigenvalue weighted by molar-refractivity contribution is -0.149. The summed E-state index contributed by atoms with van der Waals surface area (Å²) in [5, 5.41) is 0. The Morgan fingerprint density at radius 2 is 1.91 bits per heavy atom. The van der Waals surface area contributed by atoms with Crippen molar-refractivity contribution in [1.29, 1.82) is 0 Å². The fraction of sp³-hybridized carbons (Fsp3) is 0.556. The molecule has 2 aliphatic rings. The van der Waals surface area contributed by atoms with E-state index >= 15 is 0 Å². The first-order valence-electron chi connectivity index (χ1n) is 8.27. The maximum atomic E-state index is 12.2. The zero-order chi connectivity index (χ0) is 16.2. The van der Waals surface area contributed by atoms with Gasteiger partial charge >= 0.3 is 5.97 Å². The number of methoxy groups -OCH3 is 1. The molecule has 0 unspecified atom stereocenters. The van der Waals surface area contributed by atoms with Crippen LogP contribution in [0.1, 0.15) is 30.4 Å². The molecule has 0 spiro atoms. The summed E-state index contributed by atoms with van der Waals surface area (Å²) < 4.78 is 10.4. The van der Waals surface area contributed by atoms with E-state index in [1.54, 1.807) is 4.90 Å². The predicted octanol–water partition coefficient (Wildman–Crippen LogP) is 1.97. The highest BCUT2D eigenvalue weighted by Gasteiger charge is 2.28. The molecule has 1 aromatic rings. The molecule has 124 valence electrons. The molecule has 5 heteroatoms. The van der Waals surface area contributed by atoms with Crippen molar-refractivity contribution < 1.29 is 19.1 Å². The van der Waals surface area contributed by atoms with Gasteiger partial charge in [-0.1, -0.05) is 6.07 Å². The number of carbonyl (C=O) groups excluding carboxylic acids is 2. The average molecular weight is 317 g/mol. The van der Waals surface area contributed by atoms with Gasteiger partial charge in [-0.25, -0.2) is 0 Å². The molecular formula is C18H23NO4. The van der Waals surface area contributed by atoms with Crippen LogP contribution in [-0.2, 0) is 27.2 Å². The number of hydrogen-bond donors (Lipinski definition) is 0. The Kier molecular flexibility index (Phi) is 4.84. The zero-order valence-electron chi connectivity index (χ0n) is 13.5. The van der Waals surface area contributed by atoms with Crippen LogP contribution in [0.15, 0.2) is 18.2 Å². The van der Waals surface area contributed by atoms with Crippen LogP contribution in [0.2, 0.25) is 0 Å². The fourth-order valence-electron chi connectivity index (χ4n) is 3.41. The zero-order valence-corrected chi connectivity index (χ0v) is 13.5. The number of ether oxygens (including phenoxy) is 2. The van der Waals surface area contributed by atoms with E-state index in [0.29, 0.717) is 25.9 Å². The number of hydrogen-bond acceptors (Lipinski definition) is 4. The molecule has 0 aromatic heterocycles. The molecule has 0 radical (unpaired) electrons. The third-order valence-electron chi connectivity index (χ3n) is 4.81. The molecule has 1 amide bonds. The molecule has 5 nitrogen and oxygen atoms in total. The monoisotopic (exact) mass is 317 g/mol. The van der Waals surface area contributed by atoms with Gasteiger partial charge < -0.3 is 14.4 Å². The summed E-state index contributed by atoms with van der Waals surface area (Å²) in [4.78, 5) is 25.5. The summed E-state index contributed by atoms with van der Waals surface area (Å²) in [7, 11) is 1.41. The quantitative estimate of drug-likeness (QED) is 0.797. The van der Waals surface area contributed by atoms with Crippen molar-refractivity contribution in [1.82, 2.24) is 4.90 Å². The second-order valence-electron chi connectivity index (χ2n) is 6.25. The number of rotatable bonds is 4. The first-order chi connectivity index (χ1) is 11.2. The van der Waals surface area contributed by atoms with Gasteiger partial charge in [0.25, 0.3) is 5.91 Å². The van der Waals surface area contributed by atoms with Gasteiger partial charge in [0.1, 0.15) is 5.75 Å². The van der Waals surface area contributed by atoms with Gasteiger partial charge in [0, 0.05) is 13.1 Å². The lowest BCUT2D eigenvalue weighted by Crippen LogP contribution is -2.42. The molecule has 0 N–H and O–H groups in total. The molecule has 1 fully saturated rings. The highest BCUT2D eigenvalue weighted by atomic mass is 16.5. The van der Waals surface area contributed by atoms with E-state index in [0.717, 1.165) is 18.6 Å². The summed E-state index contributed by atoms with van der Waals surface area (Å²) >= 11 is 0. The van der Waals surface area contributed by atoms with Crippen LogP contribution in [0.4, 0.5) is 0 Å². The maximum Gasteiger partial charge on any atom is 0.308 e. The third-order valence-corrected chi connectivity index (χ3v) is 4.81. The molecule has 0 saturated carbocycles. The summed E-state index contributed by atoms with van der Waals surface area (Å²) in [6, 6.07) is 6.10. The van der Waals surface area contributed by atoms with Crippen molar-refractivity contribution >= 4 is 11.9 Å². The van der Waals surface area contributed by atoms with Crippen LogP contribution in [-0.4, -0.2) is 43.6 Å². The molecule has 0 atom stereocenters. The molecule has 1 aliphatic heterocycles. The van der Waals surface area contributed by atoms with Crippen molar-refractivity contribution in [2.75, 3.05) is 26.8 Å². The van der Waals surface area contributed by atoms with Gasteiger partial charge in [0.05, 0.1) is 13.0 Å². The fourth-order valence-corrected chi connectivity index (χ4v) is 3.41. The lowest BCUT2D eigenvalue weighted by atomic mass is 9.97. The first kappa shape index (κ1) is 15.8. The van der Waals surface area contributed by atoms with Gasteiger partial charge in [0.15, 0.2) is 6.61 Å². The van der Waals surface area contributed by atoms with Crippen molar-refractivity contribution in [3.8, 4) is 5.75 Å². The molecule has 23 heavy (non-hydrogen) atoms. The van der Waals surface area contributed by atoms with E-state index < -0.39 is 0 Å². The Balaban J connectivity index is 1.48. The minimum atomic E-state index is -0.175. The first-order valence-corrected chi connectivity index (χ1v) is 8.27. The minimum absolute atomic E-state index is 0.0196. The summed E-state index contributed by atoms with van der Waals surface area (Å²) in [5.74, 6) is 0.491. The number of carbonyl (C=O) groups is 2. The number of amides is 1. The van der Waals surface area contributed by atoms with Gasteiger partial charge in [-0.3, -0.25) is 9.59 Å². The number of esters is 1. The average Bonchev–Trinajstić information content (AvgIpc) is 3.06. The molecule has 1 aliphatic carbocycles. The summed E-state index contributed by atoms with van der Waals surface area (Å²) in [6.07, 6.45) is 4.77. The Bertz CT molecular complexity index is 591. The largest absolute Gasteiger partial charge is 0.484 e. The van der Waals surface area contributed by atoms with Crippen LogP contribution in [0.3, 0.4) is 0 Å². The van der Waals surface area contributed by atoms with Gasteiger partial charge in [0.2, 0.25) is 0 Å². The van der Waals surface area contributed by atoms with Crippen LogP contribution in [0, 0.1) is 5.92 Å². The standard InChI is InChI=1S/C18H23NO4/c1-22-18(21)14-7-9-19(10-8-14)17(20)12-23-16-6-5-13-3-2-4-15(13)11-16/h5-6,11,14H,2-4,7-10,12H2,1H3. The van der Waals surface area contributed by atoms with Crippen molar-refractivity contribution in [3.05, 3.63) is 29.3 Å². The van der Waals surface area contributed by atoms with Crippen molar-refractivity contribution in [3.63, 3.8) is 0 Å². The number of aryl methyl sites for hydroxylation is 2. The Morgan fingerprint density at radius 3 is 2.65 bits per heavy atom. The van der Waals surface area contributed by atoms with Crippen LogP contribution >= 0.6 is 0 Å². The number of benzene rings is 1. The van der Waals surface area contributed by atoms with Crippen LogP contribution in [0.25, 0.3) is 0 Å². The van der Waals surface area contributed by atoms with E-state index in [-0.39, 0.29) is 24.4 Å². The molecule has 1 aromatic carbocycles. The highest BCUT2D eigenvalue weighted by Crippen LogP contribution is 2.26.